The number of aromatic nitrogens is 1. The van der Waals surface area contributed by atoms with E-state index in [-0.39, 0.29) is 11.6 Å². The van der Waals surface area contributed by atoms with Crippen molar-refractivity contribution in [2.75, 3.05) is 12.1 Å². The van der Waals surface area contributed by atoms with E-state index in [9.17, 15) is 14.9 Å². The zero-order valence-electron chi connectivity index (χ0n) is 17.7. The third kappa shape index (κ3) is 4.24. The maximum atomic E-state index is 13.6. The van der Waals surface area contributed by atoms with E-state index in [2.05, 4.69) is 10.1 Å². The number of methoxy groups -OCH3 is 1. The number of amides is 1. The van der Waals surface area contributed by atoms with E-state index < -0.39 is 4.92 Å². The van der Waals surface area contributed by atoms with Crippen molar-refractivity contribution in [2.24, 2.45) is 5.10 Å². The number of nitrogens with zero attached hydrogens (tertiary/aromatic N) is 4. The van der Waals surface area contributed by atoms with Gasteiger partial charge in [-0.25, -0.2) is 4.98 Å². The number of rotatable bonds is 6. The molecule has 10 heteroatoms. The second-order valence-corrected chi connectivity index (χ2v) is 9.29. The van der Waals surface area contributed by atoms with Crippen molar-refractivity contribution in [3.05, 3.63) is 93.4 Å². The summed E-state index contributed by atoms with van der Waals surface area (Å²) in [5.41, 5.74) is 1.53. The molecule has 34 heavy (non-hydrogen) atoms. The molecule has 5 rings (SSSR count). The van der Waals surface area contributed by atoms with E-state index in [1.165, 1.54) is 39.8 Å². The van der Waals surface area contributed by atoms with E-state index in [1.807, 2.05) is 48.5 Å². The maximum Gasteiger partial charge on any atom is 0.290 e. The molecule has 0 saturated heterocycles. The largest absolute Gasteiger partial charge is 0.497 e. The predicted molar refractivity (Wildman–Crippen MR) is 135 cm³/mol. The van der Waals surface area contributed by atoms with Gasteiger partial charge in [0.05, 0.1) is 33.3 Å². The molecule has 0 aliphatic heterocycles. The highest BCUT2D eigenvalue weighted by atomic mass is 32.1. The zero-order valence-corrected chi connectivity index (χ0v) is 19.4. The highest BCUT2D eigenvalue weighted by Crippen LogP contribution is 2.35. The standard InChI is InChI=1S/C24H16N4O4S2/c1-32-18-8-9-19-21(13-18)34-24(26-19)27(25-14-15-5-3-2-4-6-15)23(29)22-12-16-11-17(28(30)31)7-10-20(16)33-22/h2-14H,1H3/b25-14+. The highest BCUT2D eigenvalue weighted by Gasteiger charge is 2.23. The molecule has 0 bridgehead atoms. The fourth-order valence-electron chi connectivity index (χ4n) is 3.32. The summed E-state index contributed by atoms with van der Waals surface area (Å²) in [4.78, 5) is 29.3. The molecule has 168 valence electrons. The Labute approximate surface area is 201 Å². The van der Waals surface area contributed by atoms with Crippen LogP contribution in [0.25, 0.3) is 20.3 Å². The number of carbonyl (C=O) groups excluding carboxylic acids is 1. The first-order valence-electron chi connectivity index (χ1n) is 10.1. The Kier molecular flexibility index (Phi) is 5.74. The summed E-state index contributed by atoms with van der Waals surface area (Å²) in [7, 11) is 1.59. The van der Waals surface area contributed by atoms with E-state index >= 15 is 0 Å². The number of hydrazone groups is 1. The topological polar surface area (TPSA) is 97.9 Å². The molecular formula is C24H16N4O4S2. The van der Waals surface area contributed by atoms with Gasteiger partial charge in [0.2, 0.25) is 5.13 Å². The summed E-state index contributed by atoms with van der Waals surface area (Å²) in [5.74, 6) is 0.321. The lowest BCUT2D eigenvalue weighted by Crippen LogP contribution is -2.24. The van der Waals surface area contributed by atoms with Gasteiger partial charge < -0.3 is 4.74 Å². The van der Waals surface area contributed by atoms with E-state index in [4.69, 9.17) is 4.74 Å². The fraction of sp³-hybridized carbons (Fsp3) is 0.0417. The van der Waals surface area contributed by atoms with Crippen LogP contribution in [0.15, 0.2) is 77.9 Å². The van der Waals surface area contributed by atoms with Crippen molar-refractivity contribution in [1.29, 1.82) is 0 Å². The minimum absolute atomic E-state index is 0.0247. The molecule has 0 atom stereocenters. The smallest absolute Gasteiger partial charge is 0.290 e. The van der Waals surface area contributed by atoms with Gasteiger partial charge in [0, 0.05) is 22.2 Å². The molecule has 0 aliphatic rings. The zero-order chi connectivity index (χ0) is 23.7. The molecule has 2 heterocycles. The van der Waals surface area contributed by atoms with E-state index in [1.54, 1.807) is 25.5 Å². The van der Waals surface area contributed by atoms with E-state index in [0.29, 0.717) is 21.1 Å². The van der Waals surface area contributed by atoms with Crippen LogP contribution in [-0.4, -0.2) is 29.1 Å². The molecule has 8 nitrogen and oxygen atoms in total. The number of thiazole rings is 1. The number of benzene rings is 3. The number of nitro benzene ring substituents is 1. The number of fused-ring (bicyclic) bond motifs is 2. The van der Waals surface area contributed by atoms with Crippen molar-refractivity contribution in [1.82, 2.24) is 4.98 Å². The Balaban J connectivity index is 1.57. The highest BCUT2D eigenvalue weighted by molar-refractivity contribution is 7.23. The average molecular weight is 489 g/mol. The van der Waals surface area contributed by atoms with Gasteiger partial charge in [0.15, 0.2) is 0 Å². The van der Waals surface area contributed by atoms with Gasteiger partial charge in [-0.15, -0.1) is 11.3 Å². The Morgan fingerprint density at radius 2 is 1.88 bits per heavy atom. The normalized spacial score (nSPS) is 11.3. The summed E-state index contributed by atoms with van der Waals surface area (Å²) in [6, 6.07) is 21.1. The number of thiophene rings is 1. The molecule has 0 saturated carbocycles. The van der Waals surface area contributed by atoms with Crippen LogP contribution in [0.5, 0.6) is 5.75 Å². The molecule has 0 radical (unpaired) electrons. The number of carbonyl (C=O) groups is 1. The first-order valence-corrected chi connectivity index (χ1v) is 11.7. The van der Waals surface area contributed by atoms with Crippen molar-refractivity contribution in [2.45, 2.75) is 0 Å². The molecule has 2 aromatic heterocycles. The average Bonchev–Trinajstić information content (AvgIpc) is 3.47. The molecule has 1 amide bonds. The van der Waals surface area contributed by atoms with Gasteiger partial charge >= 0.3 is 0 Å². The lowest BCUT2D eigenvalue weighted by atomic mass is 10.2. The van der Waals surface area contributed by atoms with Crippen molar-refractivity contribution in [3.63, 3.8) is 0 Å². The number of ether oxygens (including phenoxy) is 1. The molecule has 3 aromatic carbocycles. The SMILES string of the molecule is COc1ccc2nc(N(/N=C/c3ccccc3)C(=O)c3cc4cc([N+](=O)[O-])ccc4s3)sc2c1. The minimum Gasteiger partial charge on any atom is -0.497 e. The summed E-state index contributed by atoms with van der Waals surface area (Å²) in [6.07, 6.45) is 1.60. The van der Waals surface area contributed by atoms with Crippen LogP contribution in [0.3, 0.4) is 0 Å². The van der Waals surface area contributed by atoms with Crippen molar-refractivity contribution in [3.8, 4) is 5.75 Å². The predicted octanol–water partition coefficient (Wildman–Crippen LogP) is 6.11. The summed E-state index contributed by atoms with van der Waals surface area (Å²) < 4.78 is 6.93. The molecule has 0 aliphatic carbocycles. The molecule has 5 aromatic rings. The molecule has 0 unspecified atom stereocenters. The van der Waals surface area contributed by atoms with Crippen LogP contribution < -0.4 is 9.75 Å². The molecule has 0 fully saturated rings. The minimum atomic E-state index is -0.454. The van der Waals surface area contributed by atoms with Gasteiger partial charge in [0.25, 0.3) is 11.6 Å². The third-order valence-corrected chi connectivity index (χ3v) is 7.10. The van der Waals surface area contributed by atoms with Gasteiger partial charge in [0.1, 0.15) is 5.75 Å². The Morgan fingerprint density at radius 1 is 1.06 bits per heavy atom. The van der Waals surface area contributed by atoms with Crippen LogP contribution in [0.1, 0.15) is 15.2 Å². The van der Waals surface area contributed by atoms with Crippen molar-refractivity contribution >= 4 is 65.9 Å². The van der Waals surface area contributed by atoms with Crippen molar-refractivity contribution < 1.29 is 14.5 Å². The molecule has 0 N–H and O–H groups in total. The maximum absolute atomic E-state index is 13.6. The third-order valence-electron chi connectivity index (χ3n) is 5.00. The second kappa shape index (κ2) is 9.00. The first-order chi connectivity index (χ1) is 16.5. The van der Waals surface area contributed by atoms with Crippen LogP contribution >= 0.6 is 22.7 Å². The summed E-state index contributed by atoms with van der Waals surface area (Å²) >= 11 is 2.57. The lowest BCUT2D eigenvalue weighted by molar-refractivity contribution is -0.384. The van der Waals surface area contributed by atoms with Crippen LogP contribution in [0.2, 0.25) is 0 Å². The number of hydrogen-bond donors (Lipinski definition) is 0. The summed E-state index contributed by atoms with van der Waals surface area (Å²) in [6.45, 7) is 0. The van der Waals surface area contributed by atoms with Crippen LogP contribution in [0, 0.1) is 10.1 Å². The Hall–Kier alpha value is -4.15. The van der Waals surface area contributed by atoms with Crippen LogP contribution in [0.4, 0.5) is 10.8 Å². The Bertz CT molecular complexity index is 1560. The number of anilines is 1. The van der Waals surface area contributed by atoms with Gasteiger partial charge in [-0.2, -0.15) is 10.1 Å². The first kappa shape index (κ1) is 21.7. The van der Waals surface area contributed by atoms with Gasteiger partial charge in [-0.05, 0) is 35.9 Å². The summed E-state index contributed by atoms with van der Waals surface area (Å²) in [5, 5.41) is 17.9. The monoisotopic (exact) mass is 488 g/mol. The van der Waals surface area contributed by atoms with Gasteiger partial charge in [-0.3, -0.25) is 14.9 Å². The second-order valence-electron chi connectivity index (χ2n) is 7.19. The fourth-order valence-corrected chi connectivity index (χ4v) is 5.24. The Morgan fingerprint density at radius 3 is 2.65 bits per heavy atom. The van der Waals surface area contributed by atoms with E-state index in [0.717, 1.165) is 20.5 Å². The van der Waals surface area contributed by atoms with Gasteiger partial charge in [-0.1, -0.05) is 41.7 Å². The number of non-ortho nitro benzene ring substituents is 1. The number of hydrogen-bond acceptors (Lipinski definition) is 8. The molecule has 0 spiro atoms. The lowest BCUT2D eigenvalue weighted by Gasteiger charge is -2.12. The number of nitro groups is 1. The molecular weight excluding hydrogens is 472 g/mol. The quantitative estimate of drug-likeness (QED) is 0.163. The van der Waals surface area contributed by atoms with Crippen LogP contribution in [-0.2, 0) is 0 Å².